The Hall–Kier alpha value is -1.13. The van der Waals surface area contributed by atoms with Crippen molar-refractivity contribution >= 4 is 0 Å². The maximum Gasteiger partial charge on any atom is 0.138 e. The summed E-state index contributed by atoms with van der Waals surface area (Å²) in [4.78, 5) is 6.90. The zero-order valence-electron chi connectivity index (χ0n) is 12.0. The van der Waals surface area contributed by atoms with Crippen molar-refractivity contribution in [2.24, 2.45) is 0 Å². The maximum atomic E-state index is 9.74. The van der Waals surface area contributed by atoms with Crippen molar-refractivity contribution in [3.8, 4) is 5.75 Å². The Kier molecular flexibility index (Phi) is 5.16. The van der Waals surface area contributed by atoms with E-state index < -0.39 is 0 Å². The van der Waals surface area contributed by atoms with Crippen LogP contribution in [0.2, 0.25) is 0 Å². The number of nitrogens with zero attached hydrogens (tertiary/aromatic N) is 2. The molecule has 0 aromatic carbocycles. The van der Waals surface area contributed by atoms with Crippen molar-refractivity contribution in [3.05, 3.63) is 23.5 Å². The van der Waals surface area contributed by atoms with Gasteiger partial charge in [0.2, 0.25) is 0 Å². The zero-order valence-corrected chi connectivity index (χ0v) is 12.0. The number of nitrogens with one attached hydrogen (secondary N) is 1. The van der Waals surface area contributed by atoms with Crippen LogP contribution in [0.1, 0.15) is 37.6 Å². The standard InChI is InChI=1S/C15H25N3O/c1-12-6-7-15(19)14(17-12)11-16-10-13(2)18-8-4-3-5-9-18/h6-7,13,16,19H,3-5,8-11H2,1-2H3. The molecule has 1 aliphatic heterocycles. The smallest absolute Gasteiger partial charge is 0.138 e. The quantitative estimate of drug-likeness (QED) is 0.853. The van der Waals surface area contributed by atoms with E-state index in [1.165, 1.54) is 32.4 Å². The molecule has 2 N–H and O–H groups in total. The van der Waals surface area contributed by atoms with Gasteiger partial charge in [0.05, 0.1) is 5.69 Å². The minimum absolute atomic E-state index is 0.281. The van der Waals surface area contributed by atoms with Crippen LogP contribution in [0.4, 0.5) is 0 Å². The predicted molar refractivity (Wildman–Crippen MR) is 77.2 cm³/mol. The minimum atomic E-state index is 0.281. The summed E-state index contributed by atoms with van der Waals surface area (Å²) in [6.45, 7) is 8.22. The van der Waals surface area contributed by atoms with Crippen LogP contribution in [-0.2, 0) is 6.54 Å². The molecule has 0 saturated carbocycles. The van der Waals surface area contributed by atoms with Gasteiger partial charge in [0, 0.05) is 24.8 Å². The molecule has 1 atom stereocenters. The molecule has 0 aliphatic carbocycles. The molecule has 0 radical (unpaired) electrons. The van der Waals surface area contributed by atoms with Crippen molar-refractivity contribution in [3.63, 3.8) is 0 Å². The van der Waals surface area contributed by atoms with E-state index in [0.29, 0.717) is 12.6 Å². The Labute approximate surface area is 115 Å². The number of aromatic nitrogens is 1. The molecular formula is C15H25N3O. The van der Waals surface area contributed by atoms with Crippen molar-refractivity contribution in [2.75, 3.05) is 19.6 Å². The lowest BCUT2D eigenvalue weighted by Gasteiger charge is -2.32. The topological polar surface area (TPSA) is 48.4 Å². The molecule has 19 heavy (non-hydrogen) atoms. The van der Waals surface area contributed by atoms with Crippen LogP contribution in [-0.4, -0.2) is 40.7 Å². The summed E-state index contributed by atoms with van der Waals surface area (Å²) >= 11 is 0. The van der Waals surface area contributed by atoms with Gasteiger partial charge in [0.1, 0.15) is 5.75 Å². The van der Waals surface area contributed by atoms with E-state index in [4.69, 9.17) is 0 Å². The molecule has 1 saturated heterocycles. The number of likely N-dealkylation sites (tertiary alicyclic amines) is 1. The monoisotopic (exact) mass is 263 g/mol. The van der Waals surface area contributed by atoms with Gasteiger partial charge in [0.25, 0.3) is 0 Å². The second-order valence-electron chi connectivity index (χ2n) is 5.50. The molecule has 2 rings (SSSR count). The second kappa shape index (κ2) is 6.87. The number of pyridine rings is 1. The summed E-state index contributed by atoms with van der Waals surface area (Å²) < 4.78 is 0. The SMILES string of the molecule is Cc1ccc(O)c(CNCC(C)N2CCCCC2)n1. The molecule has 4 heteroatoms. The first-order valence-electron chi connectivity index (χ1n) is 7.27. The minimum Gasteiger partial charge on any atom is -0.506 e. The van der Waals surface area contributed by atoms with Gasteiger partial charge in [-0.15, -0.1) is 0 Å². The van der Waals surface area contributed by atoms with Gasteiger partial charge in [-0.25, -0.2) is 0 Å². The van der Waals surface area contributed by atoms with E-state index in [0.717, 1.165) is 17.9 Å². The molecule has 0 bridgehead atoms. The molecular weight excluding hydrogens is 238 g/mol. The molecule has 1 unspecified atom stereocenters. The van der Waals surface area contributed by atoms with E-state index in [2.05, 4.69) is 22.1 Å². The van der Waals surface area contributed by atoms with Crippen LogP contribution in [0.3, 0.4) is 0 Å². The molecule has 2 heterocycles. The Morgan fingerprint density at radius 3 is 2.79 bits per heavy atom. The summed E-state index contributed by atoms with van der Waals surface area (Å²) in [7, 11) is 0. The Morgan fingerprint density at radius 1 is 1.32 bits per heavy atom. The molecule has 1 fully saturated rings. The van der Waals surface area contributed by atoms with E-state index in [9.17, 15) is 5.11 Å². The van der Waals surface area contributed by atoms with Gasteiger partial charge >= 0.3 is 0 Å². The Bertz CT molecular complexity index is 402. The lowest BCUT2D eigenvalue weighted by molar-refractivity contribution is 0.170. The summed E-state index contributed by atoms with van der Waals surface area (Å²) in [5.41, 5.74) is 1.68. The highest BCUT2D eigenvalue weighted by Gasteiger charge is 2.16. The molecule has 0 spiro atoms. The van der Waals surface area contributed by atoms with Crippen LogP contribution in [0.25, 0.3) is 0 Å². The van der Waals surface area contributed by atoms with Crippen molar-refractivity contribution in [1.82, 2.24) is 15.2 Å². The summed E-state index contributed by atoms with van der Waals surface area (Å²) in [5.74, 6) is 0.281. The normalized spacial score (nSPS) is 18.4. The largest absolute Gasteiger partial charge is 0.506 e. The lowest BCUT2D eigenvalue weighted by Crippen LogP contribution is -2.43. The van der Waals surface area contributed by atoms with E-state index >= 15 is 0 Å². The summed E-state index contributed by atoms with van der Waals surface area (Å²) in [6.07, 6.45) is 4.02. The number of piperidine rings is 1. The van der Waals surface area contributed by atoms with E-state index in [1.807, 2.05) is 13.0 Å². The van der Waals surface area contributed by atoms with Crippen molar-refractivity contribution < 1.29 is 5.11 Å². The van der Waals surface area contributed by atoms with Gasteiger partial charge in [-0.1, -0.05) is 6.42 Å². The number of aryl methyl sites for hydroxylation is 1. The molecule has 106 valence electrons. The fourth-order valence-corrected chi connectivity index (χ4v) is 2.62. The lowest BCUT2D eigenvalue weighted by atomic mass is 10.1. The van der Waals surface area contributed by atoms with Gasteiger partial charge < -0.3 is 10.4 Å². The number of aromatic hydroxyl groups is 1. The highest BCUT2D eigenvalue weighted by Crippen LogP contribution is 2.15. The van der Waals surface area contributed by atoms with Crippen LogP contribution < -0.4 is 5.32 Å². The van der Waals surface area contributed by atoms with Gasteiger partial charge in [-0.2, -0.15) is 0 Å². The third kappa shape index (κ3) is 4.18. The molecule has 1 aromatic heterocycles. The number of hydrogen-bond acceptors (Lipinski definition) is 4. The average Bonchev–Trinajstić information content (AvgIpc) is 2.43. The van der Waals surface area contributed by atoms with Gasteiger partial charge in [-0.3, -0.25) is 9.88 Å². The highest BCUT2D eigenvalue weighted by molar-refractivity contribution is 5.27. The highest BCUT2D eigenvalue weighted by atomic mass is 16.3. The van der Waals surface area contributed by atoms with Crippen molar-refractivity contribution in [1.29, 1.82) is 0 Å². The Morgan fingerprint density at radius 2 is 2.05 bits per heavy atom. The average molecular weight is 263 g/mol. The number of rotatable bonds is 5. The maximum absolute atomic E-state index is 9.74. The first kappa shape index (κ1) is 14.3. The predicted octanol–water partition coefficient (Wildman–Crippen LogP) is 2.06. The first-order valence-corrected chi connectivity index (χ1v) is 7.27. The second-order valence-corrected chi connectivity index (χ2v) is 5.50. The van der Waals surface area contributed by atoms with E-state index in [-0.39, 0.29) is 5.75 Å². The van der Waals surface area contributed by atoms with Crippen LogP contribution in [0, 0.1) is 6.92 Å². The third-order valence-electron chi connectivity index (χ3n) is 3.84. The van der Waals surface area contributed by atoms with E-state index in [1.54, 1.807) is 6.07 Å². The summed E-state index contributed by atoms with van der Waals surface area (Å²) in [6, 6.07) is 4.09. The van der Waals surface area contributed by atoms with Gasteiger partial charge in [0.15, 0.2) is 0 Å². The first-order chi connectivity index (χ1) is 9.16. The summed E-state index contributed by atoms with van der Waals surface area (Å²) in [5, 5.41) is 13.1. The fourth-order valence-electron chi connectivity index (χ4n) is 2.62. The fraction of sp³-hybridized carbons (Fsp3) is 0.667. The third-order valence-corrected chi connectivity index (χ3v) is 3.84. The molecule has 1 aliphatic rings. The molecule has 1 aromatic rings. The Balaban J connectivity index is 1.77. The van der Waals surface area contributed by atoms with Crippen LogP contribution >= 0.6 is 0 Å². The molecule has 4 nitrogen and oxygen atoms in total. The van der Waals surface area contributed by atoms with Crippen LogP contribution in [0.15, 0.2) is 12.1 Å². The van der Waals surface area contributed by atoms with Crippen LogP contribution in [0.5, 0.6) is 5.75 Å². The van der Waals surface area contributed by atoms with Gasteiger partial charge in [-0.05, 0) is 51.9 Å². The number of hydrogen-bond donors (Lipinski definition) is 2. The van der Waals surface area contributed by atoms with Crippen molar-refractivity contribution in [2.45, 2.75) is 45.7 Å². The zero-order chi connectivity index (χ0) is 13.7. The molecule has 0 amide bonds.